The monoisotopic (exact) mass is 239 g/mol. The third-order valence-electron chi connectivity index (χ3n) is 2.70. The normalized spacial score (nSPS) is 14.8. The quantitative estimate of drug-likeness (QED) is 0.802. The minimum Gasteiger partial charge on any atom is -0.491 e. The molecule has 4 heteroatoms. The zero-order chi connectivity index (χ0) is 11.5. The van der Waals surface area contributed by atoms with Crippen molar-refractivity contribution in [3.63, 3.8) is 0 Å². The second kappa shape index (κ2) is 4.78. The first-order valence-electron chi connectivity index (χ1n) is 5.39. The molecule has 0 atom stereocenters. The first-order valence-corrected chi connectivity index (χ1v) is 5.80. The Balaban J connectivity index is 1.95. The van der Waals surface area contributed by atoms with Gasteiger partial charge in [-0.05, 0) is 30.5 Å². The Morgan fingerprint density at radius 1 is 1.50 bits per heavy atom. The molecule has 0 bridgehead atoms. The standard InChI is InChI=1S/C12H14FNOS/c13-10-7-9(12(14)16)3-4-11(10)15-6-5-8-1-2-8/h3-4,7-8H,1-2,5-6H2,(H2,14,16). The lowest BCUT2D eigenvalue weighted by atomic mass is 10.2. The molecule has 1 aromatic carbocycles. The lowest BCUT2D eigenvalue weighted by Gasteiger charge is -2.07. The molecule has 0 aromatic heterocycles. The molecule has 0 spiro atoms. The van der Waals surface area contributed by atoms with E-state index < -0.39 is 5.82 Å². The van der Waals surface area contributed by atoms with E-state index >= 15 is 0 Å². The second-order valence-electron chi connectivity index (χ2n) is 4.09. The molecule has 0 heterocycles. The highest BCUT2D eigenvalue weighted by molar-refractivity contribution is 7.80. The molecule has 0 radical (unpaired) electrons. The van der Waals surface area contributed by atoms with Crippen LogP contribution in [-0.2, 0) is 0 Å². The molecule has 1 aliphatic rings. The molecule has 0 saturated heterocycles. The SMILES string of the molecule is NC(=S)c1ccc(OCCC2CC2)c(F)c1. The summed E-state index contributed by atoms with van der Waals surface area (Å²) in [6, 6.07) is 4.57. The van der Waals surface area contributed by atoms with Crippen LogP contribution in [0.4, 0.5) is 4.39 Å². The fraction of sp³-hybridized carbons (Fsp3) is 0.417. The highest BCUT2D eigenvalue weighted by Gasteiger charge is 2.20. The Labute approximate surface area is 99.6 Å². The lowest BCUT2D eigenvalue weighted by Crippen LogP contribution is -2.10. The summed E-state index contributed by atoms with van der Waals surface area (Å²) in [5.74, 6) is 0.667. The van der Waals surface area contributed by atoms with Crippen molar-refractivity contribution >= 4 is 17.2 Å². The summed E-state index contributed by atoms with van der Waals surface area (Å²) in [5.41, 5.74) is 5.93. The smallest absolute Gasteiger partial charge is 0.165 e. The van der Waals surface area contributed by atoms with E-state index in [2.05, 4.69) is 0 Å². The minimum absolute atomic E-state index is 0.198. The molecule has 1 saturated carbocycles. The van der Waals surface area contributed by atoms with Crippen molar-refractivity contribution in [3.05, 3.63) is 29.6 Å². The third kappa shape index (κ3) is 2.92. The van der Waals surface area contributed by atoms with Crippen LogP contribution in [0.25, 0.3) is 0 Å². The molecule has 16 heavy (non-hydrogen) atoms. The number of ether oxygens (including phenoxy) is 1. The number of rotatable bonds is 5. The fourth-order valence-electron chi connectivity index (χ4n) is 1.51. The number of nitrogens with two attached hydrogens (primary N) is 1. The van der Waals surface area contributed by atoms with Gasteiger partial charge >= 0.3 is 0 Å². The average Bonchev–Trinajstić information content (AvgIpc) is 3.04. The Kier molecular flexibility index (Phi) is 3.39. The van der Waals surface area contributed by atoms with Gasteiger partial charge in [-0.25, -0.2) is 4.39 Å². The van der Waals surface area contributed by atoms with Gasteiger partial charge in [0.15, 0.2) is 11.6 Å². The molecular formula is C12H14FNOS. The maximum absolute atomic E-state index is 13.5. The molecule has 0 aliphatic heterocycles. The van der Waals surface area contributed by atoms with Crippen molar-refractivity contribution in [2.24, 2.45) is 11.7 Å². The summed E-state index contributed by atoms with van der Waals surface area (Å²) in [5, 5.41) is 0. The minimum atomic E-state index is -0.402. The summed E-state index contributed by atoms with van der Waals surface area (Å²) < 4.78 is 18.9. The van der Waals surface area contributed by atoms with Gasteiger partial charge in [0.2, 0.25) is 0 Å². The van der Waals surface area contributed by atoms with Crippen molar-refractivity contribution in [2.75, 3.05) is 6.61 Å². The first-order chi connectivity index (χ1) is 7.66. The number of halogens is 1. The highest BCUT2D eigenvalue weighted by atomic mass is 32.1. The molecular weight excluding hydrogens is 225 g/mol. The molecule has 86 valence electrons. The fourth-order valence-corrected chi connectivity index (χ4v) is 1.64. The highest BCUT2D eigenvalue weighted by Crippen LogP contribution is 2.32. The maximum atomic E-state index is 13.5. The van der Waals surface area contributed by atoms with Gasteiger partial charge in [-0.3, -0.25) is 0 Å². The van der Waals surface area contributed by atoms with Gasteiger partial charge in [0.1, 0.15) is 4.99 Å². The first kappa shape index (κ1) is 11.3. The van der Waals surface area contributed by atoms with E-state index in [-0.39, 0.29) is 10.7 Å². The van der Waals surface area contributed by atoms with Gasteiger partial charge in [0.25, 0.3) is 0 Å². The van der Waals surface area contributed by atoms with Gasteiger partial charge in [-0.2, -0.15) is 0 Å². The molecule has 0 amide bonds. The Morgan fingerprint density at radius 2 is 2.25 bits per heavy atom. The second-order valence-corrected chi connectivity index (χ2v) is 4.53. The van der Waals surface area contributed by atoms with Crippen LogP contribution in [0.1, 0.15) is 24.8 Å². The van der Waals surface area contributed by atoms with Crippen LogP contribution in [-0.4, -0.2) is 11.6 Å². The van der Waals surface area contributed by atoms with Crippen molar-refractivity contribution < 1.29 is 9.13 Å². The largest absolute Gasteiger partial charge is 0.491 e. The predicted octanol–water partition coefficient (Wildman–Crippen LogP) is 2.64. The molecule has 2 rings (SSSR count). The molecule has 1 aliphatic carbocycles. The van der Waals surface area contributed by atoms with Crippen LogP contribution in [0, 0.1) is 11.7 Å². The van der Waals surface area contributed by atoms with E-state index in [1.165, 1.54) is 18.9 Å². The third-order valence-corrected chi connectivity index (χ3v) is 2.93. The topological polar surface area (TPSA) is 35.2 Å². The van der Waals surface area contributed by atoms with Crippen LogP contribution in [0.15, 0.2) is 18.2 Å². The summed E-state index contributed by atoms with van der Waals surface area (Å²) in [6.45, 7) is 0.577. The summed E-state index contributed by atoms with van der Waals surface area (Å²) in [6.07, 6.45) is 3.58. The average molecular weight is 239 g/mol. The van der Waals surface area contributed by atoms with Gasteiger partial charge in [0.05, 0.1) is 6.61 Å². The molecule has 0 unspecified atom stereocenters. The van der Waals surface area contributed by atoms with Gasteiger partial charge in [-0.1, -0.05) is 25.1 Å². The Morgan fingerprint density at radius 3 is 2.81 bits per heavy atom. The van der Waals surface area contributed by atoms with Crippen molar-refractivity contribution in [3.8, 4) is 5.75 Å². The predicted molar refractivity (Wildman–Crippen MR) is 65.1 cm³/mol. The molecule has 1 aromatic rings. The van der Waals surface area contributed by atoms with Crippen molar-refractivity contribution in [1.82, 2.24) is 0 Å². The molecule has 2 N–H and O–H groups in total. The van der Waals surface area contributed by atoms with Crippen LogP contribution in [0.2, 0.25) is 0 Å². The van der Waals surface area contributed by atoms with Crippen molar-refractivity contribution in [1.29, 1.82) is 0 Å². The van der Waals surface area contributed by atoms with Crippen LogP contribution in [0.5, 0.6) is 5.75 Å². The zero-order valence-electron chi connectivity index (χ0n) is 8.91. The van der Waals surface area contributed by atoms with E-state index in [1.807, 2.05) is 0 Å². The van der Waals surface area contributed by atoms with E-state index in [0.717, 1.165) is 12.3 Å². The Hall–Kier alpha value is -1.16. The van der Waals surface area contributed by atoms with Gasteiger partial charge < -0.3 is 10.5 Å². The number of benzene rings is 1. The molecule has 2 nitrogen and oxygen atoms in total. The van der Waals surface area contributed by atoms with Crippen LogP contribution < -0.4 is 10.5 Å². The van der Waals surface area contributed by atoms with E-state index in [9.17, 15) is 4.39 Å². The van der Waals surface area contributed by atoms with Crippen molar-refractivity contribution in [2.45, 2.75) is 19.3 Å². The maximum Gasteiger partial charge on any atom is 0.165 e. The number of hydrogen-bond acceptors (Lipinski definition) is 2. The van der Waals surface area contributed by atoms with E-state index in [1.54, 1.807) is 12.1 Å². The van der Waals surface area contributed by atoms with Crippen LogP contribution >= 0.6 is 12.2 Å². The van der Waals surface area contributed by atoms with Crippen LogP contribution in [0.3, 0.4) is 0 Å². The van der Waals surface area contributed by atoms with E-state index in [0.29, 0.717) is 12.2 Å². The zero-order valence-corrected chi connectivity index (χ0v) is 9.73. The lowest BCUT2D eigenvalue weighted by molar-refractivity contribution is 0.288. The summed E-state index contributed by atoms with van der Waals surface area (Å²) >= 11 is 4.77. The summed E-state index contributed by atoms with van der Waals surface area (Å²) in [4.78, 5) is 0.198. The number of thiocarbonyl (C=S) groups is 1. The summed E-state index contributed by atoms with van der Waals surface area (Å²) in [7, 11) is 0. The molecule has 1 fully saturated rings. The Bertz CT molecular complexity index is 404. The van der Waals surface area contributed by atoms with Gasteiger partial charge in [0, 0.05) is 5.56 Å². The van der Waals surface area contributed by atoms with E-state index in [4.69, 9.17) is 22.7 Å². The number of hydrogen-bond donors (Lipinski definition) is 1. The van der Waals surface area contributed by atoms with Gasteiger partial charge in [-0.15, -0.1) is 0 Å².